The van der Waals surface area contributed by atoms with Crippen molar-refractivity contribution >= 4 is 17.7 Å². The van der Waals surface area contributed by atoms with Crippen molar-refractivity contribution in [1.82, 2.24) is 4.90 Å². The van der Waals surface area contributed by atoms with E-state index in [1.165, 1.54) is 11.0 Å². The Kier molecular flexibility index (Phi) is 8.07. The predicted molar refractivity (Wildman–Crippen MR) is 112 cm³/mol. The lowest BCUT2D eigenvalue weighted by Gasteiger charge is -2.21. The first kappa shape index (κ1) is 22.3. The van der Waals surface area contributed by atoms with Crippen LogP contribution in [0.1, 0.15) is 44.2 Å². The average Bonchev–Trinajstić information content (AvgIpc) is 2.70. The number of nitrogens with one attached hydrogen (secondary N) is 1. The molecule has 0 unspecified atom stereocenters. The van der Waals surface area contributed by atoms with Crippen LogP contribution in [0.3, 0.4) is 0 Å². The molecule has 29 heavy (non-hydrogen) atoms. The molecule has 2 rings (SSSR count). The van der Waals surface area contributed by atoms with Crippen LogP contribution in [0.4, 0.5) is 4.39 Å². The first-order chi connectivity index (χ1) is 13.8. The second-order valence-corrected chi connectivity index (χ2v) is 6.87. The number of carboxylic acids is 1. The zero-order chi connectivity index (χ0) is 21.4. The third-order valence-corrected chi connectivity index (χ3v) is 4.77. The second-order valence-electron chi connectivity index (χ2n) is 6.87. The van der Waals surface area contributed by atoms with Crippen molar-refractivity contribution in [2.24, 2.45) is 0 Å². The van der Waals surface area contributed by atoms with Crippen molar-refractivity contribution in [3.8, 4) is 11.1 Å². The molecule has 0 atom stereocenters. The minimum atomic E-state index is -1.07. The smallest absolute Gasteiger partial charge is 0.307 e. The Balaban J connectivity index is 2.06. The lowest BCUT2D eigenvalue weighted by molar-refractivity contribution is -0.136. The molecule has 1 amide bonds. The molecule has 5 nitrogen and oxygen atoms in total. The summed E-state index contributed by atoms with van der Waals surface area (Å²) in [4.78, 5) is 24.3. The van der Waals surface area contributed by atoms with E-state index in [9.17, 15) is 14.0 Å². The van der Waals surface area contributed by atoms with E-state index in [0.29, 0.717) is 25.2 Å². The number of rotatable bonds is 9. The van der Waals surface area contributed by atoms with Crippen LogP contribution < -0.4 is 0 Å². The van der Waals surface area contributed by atoms with Crippen molar-refractivity contribution in [3.05, 3.63) is 59.4 Å². The largest absolute Gasteiger partial charge is 0.481 e. The number of hydrogen-bond acceptors (Lipinski definition) is 3. The van der Waals surface area contributed by atoms with Crippen molar-refractivity contribution in [2.75, 3.05) is 6.54 Å². The van der Waals surface area contributed by atoms with Crippen LogP contribution >= 0.6 is 0 Å². The summed E-state index contributed by atoms with van der Waals surface area (Å²) in [5.74, 6) is -1.28. The summed E-state index contributed by atoms with van der Waals surface area (Å²) in [5, 5.41) is 17.1. The molecule has 2 aromatic carbocycles. The molecule has 0 aromatic heterocycles. The number of aryl methyl sites for hydroxylation is 1. The minimum Gasteiger partial charge on any atom is -0.481 e. The Morgan fingerprint density at radius 3 is 2.48 bits per heavy atom. The molecule has 6 heteroatoms. The van der Waals surface area contributed by atoms with Crippen molar-refractivity contribution in [3.63, 3.8) is 0 Å². The predicted octanol–water partition coefficient (Wildman–Crippen LogP) is 4.68. The normalized spacial score (nSPS) is 10.6. The molecule has 0 radical (unpaired) electrons. The number of halogens is 1. The summed E-state index contributed by atoms with van der Waals surface area (Å²) in [6.07, 6.45) is 2.04. The van der Waals surface area contributed by atoms with Gasteiger partial charge in [0, 0.05) is 19.4 Å². The maximum absolute atomic E-state index is 13.8. The van der Waals surface area contributed by atoms with Gasteiger partial charge in [-0.15, -0.1) is 0 Å². The van der Waals surface area contributed by atoms with Gasteiger partial charge in [-0.05, 0) is 54.2 Å². The molecular weight excluding hydrogens is 371 g/mol. The number of nitrogens with zero attached hydrogens (tertiary/aromatic N) is 1. The van der Waals surface area contributed by atoms with E-state index in [4.69, 9.17) is 10.5 Å². The molecule has 0 heterocycles. The van der Waals surface area contributed by atoms with E-state index in [2.05, 4.69) is 0 Å². The van der Waals surface area contributed by atoms with Crippen LogP contribution in [0.5, 0.6) is 0 Å². The fourth-order valence-corrected chi connectivity index (χ4v) is 3.26. The van der Waals surface area contributed by atoms with E-state index >= 15 is 0 Å². The van der Waals surface area contributed by atoms with Crippen molar-refractivity contribution < 1.29 is 19.1 Å². The number of carboxylic acid groups (broad SMARTS) is 1. The molecule has 2 aromatic rings. The van der Waals surface area contributed by atoms with E-state index in [1.807, 2.05) is 31.2 Å². The molecule has 0 fully saturated rings. The van der Waals surface area contributed by atoms with Crippen LogP contribution in [0.15, 0.2) is 42.5 Å². The van der Waals surface area contributed by atoms with Gasteiger partial charge < -0.3 is 10.0 Å². The lowest BCUT2D eigenvalue weighted by Crippen LogP contribution is -2.35. The number of carbonyl (C=O) groups is 2. The first-order valence-corrected chi connectivity index (χ1v) is 9.83. The molecular formula is C23H27FN2O3. The van der Waals surface area contributed by atoms with Crippen LogP contribution in [0.25, 0.3) is 11.1 Å². The summed E-state index contributed by atoms with van der Waals surface area (Å²) >= 11 is 0. The Morgan fingerprint density at radius 2 is 1.83 bits per heavy atom. The van der Waals surface area contributed by atoms with E-state index in [0.717, 1.165) is 29.5 Å². The molecule has 0 bridgehead atoms. The first-order valence-electron chi connectivity index (χ1n) is 9.83. The molecule has 0 spiro atoms. The number of amidine groups is 1. The molecule has 0 aliphatic carbocycles. The Hall–Kier alpha value is -3.02. The van der Waals surface area contributed by atoms with Gasteiger partial charge in [-0.2, -0.15) is 0 Å². The van der Waals surface area contributed by atoms with Crippen LogP contribution in [0.2, 0.25) is 0 Å². The van der Waals surface area contributed by atoms with Gasteiger partial charge in [-0.3, -0.25) is 15.0 Å². The molecule has 0 saturated carbocycles. The molecule has 0 saturated heterocycles. The molecule has 0 aliphatic rings. The van der Waals surface area contributed by atoms with E-state index < -0.39 is 11.8 Å². The standard InChI is InChI=1S/C23H27FN2O3/c1-3-22(27)26(4-2)21(25)10-6-8-16-7-5-9-17(13-16)18-11-12-20(24)19(14-18)15-23(28)29/h5,7,9,11-14,25H,3-4,6,8,10,15H2,1-2H3,(H,28,29). The SMILES string of the molecule is CCC(=O)N(CC)C(=N)CCCc1cccc(-c2ccc(F)c(CC(=O)O)c2)c1. The monoisotopic (exact) mass is 398 g/mol. The summed E-state index contributed by atoms with van der Waals surface area (Å²) in [6.45, 7) is 4.16. The van der Waals surface area contributed by atoms with Gasteiger partial charge in [0.15, 0.2) is 0 Å². The topological polar surface area (TPSA) is 81.5 Å². The molecule has 0 aliphatic heterocycles. The Bertz CT molecular complexity index is 895. The fraction of sp³-hybridized carbons (Fsp3) is 0.348. The molecule has 2 N–H and O–H groups in total. The Morgan fingerprint density at radius 1 is 1.10 bits per heavy atom. The summed E-state index contributed by atoms with van der Waals surface area (Å²) in [7, 11) is 0. The van der Waals surface area contributed by atoms with E-state index in [1.54, 1.807) is 19.1 Å². The highest BCUT2D eigenvalue weighted by Crippen LogP contribution is 2.24. The van der Waals surface area contributed by atoms with Gasteiger partial charge in [0.1, 0.15) is 11.7 Å². The highest BCUT2D eigenvalue weighted by molar-refractivity contribution is 5.96. The number of benzene rings is 2. The summed E-state index contributed by atoms with van der Waals surface area (Å²) < 4.78 is 13.8. The summed E-state index contributed by atoms with van der Waals surface area (Å²) in [5.41, 5.74) is 2.89. The third-order valence-electron chi connectivity index (χ3n) is 4.77. The quantitative estimate of drug-likeness (QED) is 0.475. The fourth-order valence-electron chi connectivity index (χ4n) is 3.26. The zero-order valence-corrected chi connectivity index (χ0v) is 16.9. The second kappa shape index (κ2) is 10.5. The van der Waals surface area contributed by atoms with Gasteiger partial charge in [0.25, 0.3) is 0 Å². The number of amides is 1. The van der Waals surface area contributed by atoms with Gasteiger partial charge in [-0.1, -0.05) is 37.3 Å². The highest BCUT2D eigenvalue weighted by Gasteiger charge is 2.14. The number of hydrogen-bond donors (Lipinski definition) is 2. The van der Waals surface area contributed by atoms with Gasteiger partial charge in [-0.25, -0.2) is 4.39 Å². The highest BCUT2D eigenvalue weighted by atomic mass is 19.1. The van der Waals surface area contributed by atoms with Crippen LogP contribution in [0, 0.1) is 11.2 Å². The molecule has 154 valence electrons. The van der Waals surface area contributed by atoms with Crippen molar-refractivity contribution in [1.29, 1.82) is 5.41 Å². The Labute approximate surface area is 170 Å². The van der Waals surface area contributed by atoms with Gasteiger partial charge >= 0.3 is 5.97 Å². The van der Waals surface area contributed by atoms with Crippen molar-refractivity contribution in [2.45, 2.75) is 46.0 Å². The minimum absolute atomic E-state index is 0.0343. The van der Waals surface area contributed by atoms with Crippen LogP contribution in [-0.2, 0) is 22.4 Å². The summed E-state index contributed by atoms with van der Waals surface area (Å²) in [6, 6.07) is 12.3. The number of carbonyl (C=O) groups excluding carboxylic acids is 1. The average molecular weight is 398 g/mol. The number of aliphatic carboxylic acids is 1. The lowest BCUT2D eigenvalue weighted by atomic mass is 9.98. The van der Waals surface area contributed by atoms with Gasteiger partial charge in [0.05, 0.1) is 6.42 Å². The maximum Gasteiger partial charge on any atom is 0.307 e. The zero-order valence-electron chi connectivity index (χ0n) is 16.9. The maximum atomic E-state index is 13.8. The van der Waals surface area contributed by atoms with Gasteiger partial charge in [0.2, 0.25) is 5.91 Å². The van der Waals surface area contributed by atoms with Crippen LogP contribution in [-0.4, -0.2) is 34.3 Å². The third kappa shape index (κ3) is 6.24. The van der Waals surface area contributed by atoms with E-state index in [-0.39, 0.29) is 17.9 Å².